The van der Waals surface area contributed by atoms with Crippen molar-refractivity contribution in [3.63, 3.8) is 0 Å². The summed E-state index contributed by atoms with van der Waals surface area (Å²) in [5.74, 6) is 0.412. The molecule has 0 bridgehead atoms. The third-order valence-electron chi connectivity index (χ3n) is 6.69. The van der Waals surface area contributed by atoms with Gasteiger partial charge in [0.25, 0.3) is 0 Å². The molecule has 0 saturated carbocycles. The number of nitrogens with zero attached hydrogens (tertiary/aromatic N) is 3. The van der Waals surface area contributed by atoms with Gasteiger partial charge in [0.2, 0.25) is 0 Å². The van der Waals surface area contributed by atoms with Gasteiger partial charge in [0, 0.05) is 57.1 Å². The Morgan fingerprint density at radius 3 is 2.54 bits per heavy atom. The molecule has 2 atom stereocenters. The van der Waals surface area contributed by atoms with E-state index >= 15 is 0 Å². The highest BCUT2D eigenvalue weighted by atomic mass is 16.5. The summed E-state index contributed by atoms with van der Waals surface area (Å²) >= 11 is 0. The Morgan fingerprint density at radius 2 is 1.92 bits per heavy atom. The van der Waals surface area contributed by atoms with Crippen LogP contribution in [-0.4, -0.2) is 99.4 Å². The highest BCUT2D eigenvalue weighted by Crippen LogP contribution is 2.40. The Labute approximate surface area is 218 Å². The van der Waals surface area contributed by atoms with Crippen LogP contribution in [0.2, 0.25) is 0 Å². The number of amides is 4. The second kappa shape index (κ2) is 12.7. The summed E-state index contributed by atoms with van der Waals surface area (Å²) in [6.07, 6.45) is 0.874. The number of likely N-dealkylation sites (N-methyl/N-ethyl adjacent to an activating group) is 1. The molecule has 1 fully saturated rings. The molecule has 2 heterocycles. The van der Waals surface area contributed by atoms with Crippen LogP contribution >= 0.6 is 0 Å². The predicted molar refractivity (Wildman–Crippen MR) is 139 cm³/mol. The van der Waals surface area contributed by atoms with E-state index in [2.05, 4.69) is 15.5 Å². The Morgan fingerprint density at radius 1 is 1.16 bits per heavy atom. The van der Waals surface area contributed by atoms with Crippen LogP contribution in [-0.2, 0) is 9.53 Å². The number of carbonyl (C=O) groups is 3. The summed E-state index contributed by atoms with van der Waals surface area (Å²) in [6, 6.07) is 4.10. The van der Waals surface area contributed by atoms with Crippen LogP contribution in [0.15, 0.2) is 29.5 Å². The number of nitrogens with one attached hydrogen (secondary N) is 2. The van der Waals surface area contributed by atoms with Gasteiger partial charge in [-0.15, -0.1) is 0 Å². The molecule has 2 N–H and O–H groups in total. The average molecular weight is 518 g/mol. The number of hydrogen-bond donors (Lipinski definition) is 2. The number of hydrogen-bond acceptors (Lipinski definition) is 7. The molecule has 204 valence electrons. The first kappa shape index (κ1) is 28.1. The van der Waals surface area contributed by atoms with Crippen LogP contribution in [0.5, 0.6) is 11.5 Å². The third-order valence-corrected chi connectivity index (χ3v) is 6.69. The van der Waals surface area contributed by atoms with Gasteiger partial charge in [-0.25, -0.2) is 14.4 Å². The van der Waals surface area contributed by atoms with E-state index in [9.17, 15) is 14.4 Å². The van der Waals surface area contributed by atoms with Gasteiger partial charge in [-0.1, -0.05) is 19.1 Å². The van der Waals surface area contributed by atoms with Gasteiger partial charge in [-0.3, -0.25) is 9.80 Å². The van der Waals surface area contributed by atoms with Crippen molar-refractivity contribution in [2.45, 2.75) is 39.3 Å². The quantitative estimate of drug-likeness (QED) is 0.484. The molecule has 2 aliphatic rings. The molecule has 2 aliphatic heterocycles. The Kier molecular flexibility index (Phi) is 9.62. The zero-order valence-electron chi connectivity index (χ0n) is 22.6. The molecule has 1 aromatic carbocycles. The first-order valence-corrected chi connectivity index (χ1v) is 12.7. The van der Waals surface area contributed by atoms with Crippen LogP contribution in [0, 0.1) is 0 Å². The van der Waals surface area contributed by atoms with Crippen LogP contribution in [0.1, 0.15) is 38.8 Å². The summed E-state index contributed by atoms with van der Waals surface area (Å²) in [6.45, 7) is 8.68. The van der Waals surface area contributed by atoms with Crippen LogP contribution in [0.25, 0.3) is 0 Å². The Bertz CT molecular complexity index is 1030. The van der Waals surface area contributed by atoms with Gasteiger partial charge >= 0.3 is 18.0 Å². The lowest BCUT2D eigenvalue weighted by Gasteiger charge is -2.42. The van der Waals surface area contributed by atoms with Gasteiger partial charge in [0.15, 0.2) is 11.5 Å². The topological polar surface area (TPSA) is 113 Å². The summed E-state index contributed by atoms with van der Waals surface area (Å²) in [5.41, 5.74) is 1.48. The van der Waals surface area contributed by atoms with Gasteiger partial charge < -0.3 is 29.7 Å². The van der Waals surface area contributed by atoms with E-state index in [1.54, 1.807) is 32.2 Å². The molecule has 0 radical (unpaired) electrons. The lowest BCUT2D eigenvalue weighted by atomic mass is 9.93. The van der Waals surface area contributed by atoms with Crippen molar-refractivity contribution < 1.29 is 28.6 Å². The zero-order chi connectivity index (χ0) is 27.1. The Hall–Kier alpha value is -3.47. The SMILES string of the molecule is CCCNC(=O)N1CCN(CC2=C(C(=O)OCC)[C@H](c3cccc(OC)c3OC)NC(=O)N2C)C[C@H]1C. The van der Waals surface area contributed by atoms with Crippen LogP contribution in [0.4, 0.5) is 9.59 Å². The van der Waals surface area contributed by atoms with E-state index in [-0.39, 0.29) is 24.7 Å². The molecule has 0 unspecified atom stereocenters. The Balaban J connectivity index is 1.97. The normalized spacial score (nSPS) is 20.4. The van der Waals surface area contributed by atoms with Crippen molar-refractivity contribution in [2.75, 3.05) is 60.6 Å². The maximum absolute atomic E-state index is 13.3. The number of carbonyl (C=O) groups excluding carboxylic acids is 3. The largest absolute Gasteiger partial charge is 0.493 e. The first-order valence-electron chi connectivity index (χ1n) is 12.7. The van der Waals surface area contributed by atoms with Crippen molar-refractivity contribution in [3.8, 4) is 11.5 Å². The van der Waals surface area contributed by atoms with E-state index in [1.807, 2.05) is 18.7 Å². The van der Waals surface area contributed by atoms with E-state index in [0.29, 0.717) is 61.1 Å². The van der Waals surface area contributed by atoms with Crippen molar-refractivity contribution in [1.82, 2.24) is 25.3 Å². The fourth-order valence-corrected chi connectivity index (χ4v) is 4.79. The van der Waals surface area contributed by atoms with Gasteiger partial charge in [0.1, 0.15) is 0 Å². The summed E-state index contributed by atoms with van der Waals surface area (Å²) in [4.78, 5) is 44.4. The minimum atomic E-state index is -0.790. The van der Waals surface area contributed by atoms with Crippen LogP contribution in [0.3, 0.4) is 0 Å². The second-order valence-corrected chi connectivity index (χ2v) is 9.11. The van der Waals surface area contributed by atoms with Crippen LogP contribution < -0.4 is 20.1 Å². The lowest BCUT2D eigenvalue weighted by molar-refractivity contribution is -0.139. The number of piperazine rings is 1. The maximum Gasteiger partial charge on any atom is 0.338 e. The van der Waals surface area contributed by atoms with Crippen molar-refractivity contribution in [2.24, 2.45) is 0 Å². The molecule has 37 heavy (non-hydrogen) atoms. The van der Waals surface area contributed by atoms with Crippen molar-refractivity contribution in [1.29, 1.82) is 0 Å². The predicted octanol–water partition coefficient (Wildman–Crippen LogP) is 2.34. The van der Waals surface area contributed by atoms with Crippen molar-refractivity contribution >= 4 is 18.0 Å². The number of benzene rings is 1. The maximum atomic E-state index is 13.3. The molecule has 0 aliphatic carbocycles. The van der Waals surface area contributed by atoms with E-state index in [4.69, 9.17) is 14.2 Å². The molecule has 3 rings (SSSR count). The first-order chi connectivity index (χ1) is 17.8. The number of esters is 1. The summed E-state index contributed by atoms with van der Waals surface area (Å²) in [7, 11) is 4.69. The molecular weight excluding hydrogens is 478 g/mol. The molecule has 0 aromatic heterocycles. The van der Waals surface area contributed by atoms with Gasteiger partial charge in [-0.05, 0) is 26.3 Å². The summed E-state index contributed by atoms with van der Waals surface area (Å²) in [5, 5.41) is 5.86. The van der Waals surface area contributed by atoms with Gasteiger partial charge in [-0.2, -0.15) is 0 Å². The van der Waals surface area contributed by atoms with E-state index in [1.165, 1.54) is 19.1 Å². The highest BCUT2D eigenvalue weighted by molar-refractivity contribution is 5.95. The monoisotopic (exact) mass is 517 g/mol. The number of rotatable bonds is 9. The molecule has 4 amide bonds. The lowest BCUT2D eigenvalue weighted by Crippen LogP contribution is -2.58. The minimum absolute atomic E-state index is 0.0331. The highest BCUT2D eigenvalue weighted by Gasteiger charge is 2.40. The van der Waals surface area contributed by atoms with Crippen molar-refractivity contribution in [3.05, 3.63) is 35.0 Å². The van der Waals surface area contributed by atoms with E-state index < -0.39 is 12.0 Å². The molecular formula is C26H39N5O6. The standard InChI is InChI=1S/C26H39N5O6/c1-7-12-27-25(33)31-14-13-30(15-17(31)3)16-19-21(24(32)37-8-2)22(28-26(34)29(19)4)18-10-9-11-20(35-5)23(18)36-6/h9-11,17,22H,7-8,12-16H2,1-6H3,(H,27,33)(H,28,34)/t17-,22+/m1/s1. The number of methoxy groups -OCH3 is 2. The number of ether oxygens (including phenoxy) is 3. The summed E-state index contributed by atoms with van der Waals surface area (Å²) < 4.78 is 16.5. The van der Waals surface area contributed by atoms with E-state index in [0.717, 1.165) is 6.42 Å². The fourth-order valence-electron chi connectivity index (χ4n) is 4.79. The molecule has 11 heteroatoms. The second-order valence-electron chi connectivity index (χ2n) is 9.11. The molecule has 1 aromatic rings. The third kappa shape index (κ3) is 6.10. The fraction of sp³-hybridized carbons (Fsp3) is 0.577. The minimum Gasteiger partial charge on any atom is -0.493 e. The number of urea groups is 2. The average Bonchev–Trinajstić information content (AvgIpc) is 2.89. The zero-order valence-corrected chi connectivity index (χ0v) is 22.6. The molecule has 11 nitrogen and oxygen atoms in total. The molecule has 1 saturated heterocycles. The molecule has 0 spiro atoms. The number of para-hydroxylation sites is 1. The smallest absolute Gasteiger partial charge is 0.338 e. The van der Waals surface area contributed by atoms with Gasteiger partial charge in [0.05, 0.1) is 32.4 Å².